The molecule has 0 saturated heterocycles. The number of hydrogen-bond acceptors (Lipinski definition) is 0. The maximum Gasteiger partial charge on any atom is 0.0657 e. The monoisotopic (exact) mass is 206 g/mol. The molecular weight excluding hydrogens is 182 g/mol. The van der Waals surface area contributed by atoms with Gasteiger partial charge in [-0.25, -0.2) is 0 Å². The highest BCUT2D eigenvalue weighted by Gasteiger charge is 2.03. The van der Waals surface area contributed by atoms with Crippen molar-refractivity contribution in [3.63, 3.8) is 0 Å². The molecule has 1 N–H and O–H groups in total. The standard InChI is InChI=1S/C14H24N/c1-3-5-7-9-13-11-15-12-14(13)10-8-6-4-2/h11,15H,3-10H2,1-2H3. The molecule has 0 aliphatic carbocycles. The van der Waals surface area contributed by atoms with Crippen molar-refractivity contribution in [2.45, 2.75) is 65.2 Å². The van der Waals surface area contributed by atoms with E-state index in [2.05, 4.69) is 31.2 Å². The van der Waals surface area contributed by atoms with Crippen molar-refractivity contribution in [1.82, 2.24) is 4.98 Å². The van der Waals surface area contributed by atoms with Crippen LogP contribution in [0.25, 0.3) is 0 Å². The first-order valence-corrected chi connectivity index (χ1v) is 6.45. The minimum atomic E-state index is 1.21. The van der Waals surface area contributed by atoms with Crippen molar-refractivity contribution in [3.8, 4) is 0 Å². The van der Waals surface area contributed by atoms with Crippen LogP contribution in [0.2, 0.25) is 0 Å². The Balaban J connectivity index is 2.32. The molecule has 1 radical (unpaired) electrons. The van der Waals surface area contributed by atoms with Crippen molar-refractivity contribution in [2.75, 3.05) is 0 Å². The Morgan fingerprint density at radius 2 is 1.67 bits per heavy atom. The van der Waals surface area contributed by atoms with E-state index in [1.54, 1.807) is 0 Å². The van der Waals surface area contributed by atoms with E-state index >= 15 is 0 Å². The Labute approximate surface area is 94.3 Å². The molecule has 0 bridgehead atoms. The summed E-state index contributed by atoms with van der Waals surface area (Å²) in [5.41, 5.74) is 2.93. The Kier molecular flexibility index (Phi) is 6.22. The van der Waals surface area contributed by atoms with Gasteiger partial charge in [0.05, 0.1) is 6.20 Å². The lowest BCUT2D eigenvalue weighted by atomic mass is 10.0. The second kappa shape index (κ2) is 7.56. The molecule has 1 heterocycles. The van der Waals surface area contributed by atoms with E-state index in [1.807, 2.05) is 0 Å². The average molecular weight is 206 g/mol. The van der Waals surface area contributed by atoms with Crippen LogP contribution in [0.15, 0.2) is 6.20 Å². The predicted octanol–water partition coefficient (Wildman–Crippen LogP) is 4.28. The van der Waals surface area contributed by atoms with Gasteiger partial charge in [0.1, 0.15) is 0 Å². The molecule has 0 saturated carbocycles. The zero-order valence-electron chi connectivity index (χ0n) is 10.2. The molecule has 0 unspecified atom stereocenters. The van der Waals surface area contributed by atoms with Gasteiger partial charge in [-0.1, -0.05) is 39.5 Å². The van der Waals surface area contributed by atoms with E-state index in [0.29, 0.717) is 0 Å². The third kappa shape index (κ3) is 4.55. The number of hydrogen-bond donors (Lipinski definition) is 1. The van der Waals surface area contributed by atoms with Crippen LogP contribution in [0, 0.1) is 6.20 Å². The van der Waals surface area contributed by atoms with Gasteiger partial charge in [-0.3, -0.25) is 0 Å². The number of aromatic nitrogens is 1. The van der Waals surface area contributed by atoms with Gasteiger partial charge in [0, 0.05) is 6.20 Å². The fourth-order valence-electron chi connectivity index (χ4n) is 1.94. The maximum absolute atomic E-state index is 3.27. The molecule has 0 aliphatic rings. The summed E-state index contributed by atoms with van der Waals surface area (Å²) in [6.45, 7) is 4.51. The van der Waals surface area contributed by atoms with E-state index in [-0.39, 0.29) is 0 Å². The summed E-state index contributed by atoms with van der Waals surface area (Å²) in [4.78, 5) is 3.13. The third-order valence-corrected chi connectivity index (χ3v) is 2.94. The highest BCUT2D eigenvalue weighted by molar-refractivity contribution is 5.22. The van der Waals surface area contributed by atoms with Crippen LogP contribution in [-0.2, 0) is 12.8 Å². The first-order chi connectivity index (χ1) is 7.38. The first-order valence-electron chi connectivity index (χ1n) is 6.45. The van der Waals surface area contributed by atoms with Crippen LogP contribution in [0.4, 0.5) is 0 Å². The molecule has 0 spiro atoms. The molecule has 1 rings (SSSR count). The van der Waals surface area contributed by atoms with Crippen molar-refractivity contribution in [3.05, 3.63) is 23.5 Å². The summed E-state index contributed by atoms with van der Waals surface area (Å²) < 4.78 is 0. The van der Waals surface area contributed by atoms with Gasteiger partial charge >= 0.3 is 0 Å². The molecule has 85 valence electrons. The quantitative estimate of drug-likeness (QED) is 0.611. The van der Waals surface area contributed by atoms with Crippen LogP contribution < -0.4 is 0 Å². The molecule has 0 aliphatic heterocycles. The van der Waals surface area contributed by atoms with Crippen molar-refractivity contribution in [1.29, 1.82) is 0 Å². The summed E-state index contributed by atoms with van der Waals surface area (Å²) in [5, 5.41) is 0. The van der Waals surface area contributed by atoms with Gasteiger partial charge in [-0.2, -0.15) is 0 Å². The highest BCUT2D eigenvalue weighted by Crippen LogP contribution is 2.14. The van der Waals surface area contributed by atoms with E-state index in [4.69, 9.17) is 0 Å². The Morgan fingerprint density at radius 1 is 1.00 bits per heavy atom. The number of rotatable bonds is 8. The average Bonchev–Trinajstić information content (AvgIpc) is 2.67. The zero-order valence-corrected chi connectivity index (χ0v) is 10.2. The second-order valence-electron chi connectivity index (χ2n) is 4.33. The van der Waals surface area contributed by atoms with E-state index in [0.717, 1.165) is 0 Å². The normalized spacial score (nSPS) is 10.8. The summed E-state index contributed by atoms with van der Waals surface area (Å²) in [7, 11) is 0. The maximum atomic E-state index is 3.27. The molecule has 0 amide bonds. The van der Waals surface area contributed by atoms with Crippen LogP contribution in [0.5, 0.6) is 0 Å². The van der Waals surface area contributed by atoms with Gasteiger partial charge in [-0.05, 0) is 36.8 Å². The van der Waals surface area contributed by atoms with Crippen LogP contribution in [0.1, 0.15) is 63.5 Å². The third-order valence-electron chi connectivity index (χ3n) is 2.94. The largest absolute Gasteiger partial charge is 0.359 e. The second-order valence-corrected chi connectivity index (χ2v) is 4.33. The Morgan fingerprint density at radius 3 is 2.33 bits per heavy atom. The van der Waals surface area contributed by atoms with Crippen LogP contribution in [0.3, 0.4) is 0 Å². The van der Waals surface area contributed by atoms with Crippen LogP contribution >= 0.6 is 0 Å². The van der Waals surface area contributed by atoms with E-state index < -0.39 is 0 Å². The fourth-order valence-corrected chi connectivity index (χ4v) is 1.94. The lowest BCUT2D eigenvalue weighted by Gasteiger charge is -2.02. The molecular formula is C14H24N. The molecule has 1 heteroatoms. The number of aromatic amines is 1. The van der Waals surface area contributed by atoms with Crippen LogP contribution in [-0.4, -0.2) is 4.98 Å². The zero-order chi connectivity index (χ0) is 10.9. The topological polar surface area (TPSA) is 15.8 Å². The molecule has 1 aromatic heterocycles. The fraction of sp³-hybridized carbons (Fsp3) is 0.714. The van der Waals surface area contributed by atoms with Gasteiger partial charge in [0.15, 0.2) is 0 Å². The summed E-state index contributed by atoms with van der Waals surface area (Å²) in [6, 6.07) is 0. The summed E-state index contributed by atoms with van der Waals surface area (Å²) >= 11 is 0. The number of aryl methyl sites for hydroxylation is 2. The summed E-state index contributed by atoms with van der Waals surface area (Å²) in [6.07, 6.45) is 15.8. The minimum Gasteiger partial charge on any atom is -0.359 e. The van der Waals surface area contributed by atoms with Gasteiger partial charge < -0.3 is 4.98 Å². The number of H-pyrrole nitrogens is 1. The molecule has 0 fully saturated rings. The highest BCUT2D eigenvalue weighted by atomic mass is 14.6. The van der Waals surface area contributed by atoms with E-state index in [1.165, 1.54) is 62.5 Å². The Hall–Kier alpha value is -0.720. The lowest BCUT2D eigenvalue weighted by Crippen LogP contribution is -1.91. The van der Waals surface area contributed by atoms with Gasteiger partial charge in [0.2, 0.25) is 0 Å². The minimum absolute atomic E-state index is 1.21. The predicted molar refractivity (Wildman–Crippen MR) is 66.1 cm³/mol. The molecule has 0 aromatic carbocycles. The van der Waals surface area contributed by atoms with Gasteiger partial charge in [-0.15, -0.1) is 0 Å². The smallest absolute Gasteiger partial charge is 0.0657 e. The SMILES string of the molecule is CCCCCc1[c][nH]cc1CCCCC. The van der Waals surface area contributed by atoms with Crippen molar-refractivity contribution < 1.29 is 0 Å². The summed E-state index contributed by atoms with van der Waals surface area (Å²) in [5.74, 6) is 0. The Bertz CT molecular complexity index is 225. The van der Waals surface area contributed by atoms with Crippen molar-refractivity contribution >= 4 is 0 Å². The lowest BCUT2D eigenvalue weighted by molar-refractivity contribution is 0.695. The van der Waals surface area contributed by atoms with E-state index in [9.17, 15) is 0 Å². The van der Waals surface area contributed by atoms with Gasteiger partial charge in [0.25, 0.3) is 0 Å². The molecule has 15 heavy (non-hydrogen) atoms. The molecule has 0 atom stereocenters. The number of nitrogens with one attached hydrogen (secondary N) is 1. The molecule has 1 nitrogen and oxygen atoms in total. The first kappa shape index (κ1) is 12.4. The number of unbranched alkanes of at least 4 members (excludes halogenated alkanes) is 4. The molecule has 1 aromatic rings. The van der Waals surface area contributed by atoms with Crippen molar-refractivity contribution in [2.24, 2.45) is 0 Å².